The highest BCUT2D eigenvalue weighted by atomic mass is 35.5. The lowest BCUT2D eigenvalue weighted by Crippen LogP contribution is -2.24. The predicted octanol–water partition coefficient (Wildman–Crippen LogP) is 0.816. The largest absolute Gasteiger partial charge is 0.303 e. The molecule has 1 rings (SSSR count). The molecule has 1 fully saturated rings. The molecule has 0 aliphatic carbocycles. The number of nitrogens with zero attached hydrogens (tertiary/aromatic N) is 1. The van der Waals surface area contributed by atoms with Crippen LogP contribution in [0.5, 0.6) is 0 Å². The first kappa shape index (κ1) is 14.0. The molecule has 1 heterocycles. The Bertz CT molecular complexity index is 79.0. The number of rotatable bonds is 3. The van der Waals surface area contributed by atoms with Crippen molar-refractivity contribution in [2.45, 2.75) is 12.8 Å². The summed E-state index contributed by atoms with van der Waals surface area (Å²) in [4.78, 5) is 6.83. The van der Waals surface area contributed by atoms with Crippen LogP contribution >= 0.6 is 24.8 Å². The smallest absolute Gasteiger partial charge is 0.0806 e. The van der Waals surface area contributed by atoms with Gasteiger partial charge in [-0.15, -0.1) is 24.8 Å². The summed E-state index contributed by atoms with van der Waals surface area (Å²) in [6, 6.07) is 0. The molecule has 0 aromatic rings. The van der Waals surface area contributed by atoms with Crippen molar-refractivity contribution in [2.75, 3.05) is 26.2 Å². The summed E-state index contributed by atoms with van der Waals surface area (Å²) >= 11 is 0. The van der Waals surface area contributed by atoms with Gasteiger partial charge in [-0.3, -0.25) is 0 Å². The molecular weight excluding hydrogens is 187 g/mol. The van der Waals surface area contributed by atoms with Crippen LogP contribution in [0.25, 0.3) is 0 Å². The molecule has 1 aliphatic rings. The van der Waals surface area contributed by atoms with Gasteiger partial charge in [0.2, 0.25) is 0 Å². The van der Waals surface area contributed by atoms with E-state index in [9.17, 15) is 0 Å². The van der Waals surface area contributed by atoms with Crippen molar-refractivity contribution in [3.63, 3.8) is 0 Å². The van der Waals surface area contributed by atoms with Gasteiger partial charge in [-0.05, 0) is 25.9 Å². The van der Waals surface area contributed by atoms with Crippen LogP contribution in [0.4, 0.5) is 0 Å². The van der Waals surface area contributed by atoms with Gasteiger partial charge in [0.25, 0.3) is 0 Å². The summed E-state index contributed by atoms with van der Waals surface area (Å²) in [6.45, 7) is 4.11. The highest BCUT2D eigenvalue weighted by molar-refractivity contribution is 5.85. The Morgan fingerprint density at radius 1 is 1.18 bits per heavy atom. The topological polar surface area (TPSA) is 38.5 Å². The van der Waals surface area contributed by atoms with Crippen LogP contribution in [0.1, 0.15) is 12.8 Å². The summed E-state index contributed by atoms with van der Waals surface area (Å²) < 4.78 is 0. The second-order valence-electron chi connectivity index (χ2n) is 2.42. The molecule has 11 heavy (non-hydrogen) atoms. The van der Waals surface area contributed by atoms with Crippen molar-refractivity contribution >= 4 is 24.8 Å². The first-order chi connectivity index (χ1) is 4.43. The SMILES string of the molecule is Cl.Cl.NOCCN1CCCC1. The maximum atomic E-state index is 4.88. The molecule has 0 amide bonds. The third-order valence-corrected chi connectivity index (χ3v) is 1.72. The minimum Gasteiger partial charge on any atom is -0.303 e. The summed E-state index contributed by atoms with van der Waals surface area (Å²) in [5.41, 5.74) is 0. The van der Waals surface area contributed by atoms with E-state index in [4.69, 9.17) is 5.90 Å². The van der Waals surface area contributed by atoms with Gasteiger partial charge in [-0.1, -0.05) is 0 Å². The molecule has 1 aliphatic heterocycles. The first-order valence-corrected chi connectivity index (χ1v) is 3.47. The monoisotopic (exact) mass is 202 g/mol. The molecule has 3 nitrogen and oxygen atoms in total. The van der Waals surface area contributed by atoms with Crippen LogP contribution in [0.3, 0.4) is 0 Å². The van der Waals surface area contributed by atoms with Gasteiger partial charge in [0, 0.05) is 6.54 Å². The lowest BCUT2D eigenvalue weighted by Gasteiger charge is -2.11. The Kier molecular flexibility index (Phi) is 10.9. The van der Waals surface area contributed by atoms with E-state index in [1.165, 1.54) is 25.9 Å². The molecule has 0 saturated carbocycles. The van der Waals surface area contributed by atoms with Crippen LogP contribution in [0.15, 0.2) is 0 Å². The maximum Gasteiger partial charge on any atom is 0.0806 e. The van der Waals surface area contributed by atoms with Gasteiger partial charge in [-0.25, -0.2) is 5.90 Å². The van der Waals surface area contributed by atoms with Crippen LogP contribution in [-0.4, -0.2) is 31.1 Å². The highest BCUT2D eigenvalue weighted by Gasteiger charge is 2.09. The van der Waals surface area contributed by atoms with Gasteiger partial charge < -0.3 is 9.74 Å². The van der Waals surface area contributed by atoms with E-state index in [2.05, 4.69) is 9.74 Å². The minimum atomic E-state index is 0. The Hall–Kier alpha value is 0.460. The quantitative estimate of drug-likeness (QED) is 0.690. The Labute approximate surface area is 80.0 Å². The third kappa shape index (κ3) is 5.70. The van der Waals surface area contributed by atoms with E-state index >= 15 is 0 Å². The van der Waals surface area contributed by atoms with Crippen molar-refractivity contribution in [1.82, 2.24) is 4.90 Å². The fourth-order valence-electron chi connectivity index (χ4n) is 1.19. The molecule has 0 spiro atoms. The van der Waals surface area contributed by atoms with Crippen molar-refractivity contribution in [1.29, 1.82) is 0 Å². The average molecular weight is 203 g/mol. The summed E-state index contributed by atoms with van der Waals surface area (Å²) in [6.07, 6.45) is 2.68. The number of likely N-dealkylation sites (tertiary alicyclic amines) is 1. The van der Waals surface area contributed by atoms with E-state index in [1.54, 1.807) is 0 Å². The minimum absolute atomic E-state index is 0. The number of hydrogen-bond donors (Lipinski definition) is 1. The van der Waals surface area contributed by atoms with Crippen molar-refractivity contribution in [2.24, 2.45) is 5.90 Å². The molecule has 5 heteroatoms. The summed E-state index contributed by atoms with van der Waals surface area (Å²) in [5.74, 6) is 4.88. The molecule has 0 unspecified atom stereocenters. The molecule has 0 bridgehead atoms. The average Bonchev–Trinajstić information content (AvgIpc) is 2.34. The molecule has 0 radical (unpaired) electrons. The zero-order valence-electron chi connectivity index (χ0n) is 6.49. The molecular formula is C6H16Cl2N2O. The summed E-state index contributed by atoms with van der Waals surface area (Å²) in [5, 5.41) is 0. The van der Waals surface area contributed by atoms with Crippen molar-refractivity contribution in [3.05, 3.63) is 0 Å². The Morgan fingerprint density at radius 3 is 2.18 bits per heavy atom. The van der Waals surface area contributed by atoms with E-state index in [0.29, 0.717) is 6.61 Å². The van der Waals surface area contributed by atoms with E-state index in [1.807, 2.05) is 0 Å². The second kappa shape index (κ2) is 8.56. The first-order valence-electron chi connectivity index (χ1n) is 3.47. The second-order valence-corrected chi connectivity index (χ2v) is 2.42. The maximum absolute atomic E-state index is 4.88. The van der Waals surface area contributed by atoms with E-state index in [0.717, 1.165) is 6.54 Å². The number of halogens is 2. The van der Waals surface area contributed by atoms with Crippen molar-refractivity contribution < 1.29 is 4.84 Å². The summed E-state index contributed by atoms with van der Waals surface area (Å²) in [7, 11) is 0. The predicted molar refractivity (Wildman–Crippen MR) is 50.3 cm³/mol. The molecule has 0 aromatic carbocycles. The third-order valence-electron chi connectivity index (χ3n) is 1.72. The fourth-order valence-corrected chi connectivity index (χ4v) is 1.19. The molecule has 2 N–H and O–H groups in total. The van der Waals surface area contributed by atoms with Crippen LogP contribution in [0, 0.1) is 0 Å². The van der Waals surface area contributed by atoms with Crippen LogP contribution in [-0.2, 0) is 4.84 Å². The lowest BCUT2D eigenvalue weighted by atomic mass is 10.4. The Balaban J connectivity index is 0. The Morgan fingerprint density at radius 2 is 1.73 bits per heavy atom. The van der Waals surface area contributed by atoms with Gasteiger partial charge in [0.15, 0.2) is 0 Å². The van der Waals surface area contributed by atoms with Gasteiger partial charge in [0.1, 0.15) is 0 Å². The molecule has 0 aromatic heterocycles. The molecule has 0 atom stereocenters. The van der Waals surface area contributed by atoms with Gasteiger partial charge in [0.05, 0.1) is 6.61 Å². The lowest BCUT2D eigenvalue weighted by molar-refractivity contribution is 0.113. The highest BCUT2D eigenvalue weighted by Crippen LogP contribution is 2.05. The zero-order chi connectivity index (χ0) is 6.53. The standard InChI is InChI=1S/C6H14N2O.2ClH/c7-9-6-5-8-3-1-2-4-8;;/h1-7H2;2*1H. The van der Waals surface area contributed by atoms with Crippen LogP contribution in [0.2, 0.25) is 0 Å². The number of nitrogens with two attached hydrogens (primary N) is 1. The van der Waals surface area contributed by atoms with Gasteiger partial charge in [-0.2, -0.15) is 0 Å². The van der Waals surface area contributed by atoms with E-state index in [-0.39, 0.29) is 24.8 Å². The number of hydrogen-bond acceptors (Lipinski definition) is 3. The molecule has 1 saturated heterocycles. The van der Waals surface area contributed by atoms with Crippen LogP contribution < -0.4 is 5.90 Å². The van der Waals surface area contributed by atoms with Crippen molar-refractivity contribution in [3.8, 4) is 0 Å². The fraction of sp³-hybridized carbons (Fsp3) is 1.00. The zero-order valence-corrected chi connectivity index (χ0v) is 8.12. The van der Waals surface area contributed by atoms with Gasteiger partial charge >= 0.3 is 0 Å². The van der Waals surface area contributed by atoms with E-state index < -0.39 is 0 Å². The molecule has 70 valence electrons. The normalized spacial score (nSPS) is 17.2.